The first-order valence-electron chi connectivity index (χ1n) is 6.82. The lowest BCUT2D eigenvalue weighted by atomic mass is 10.0. The summed E-state index contributed by atoms with van der Waals surface area (Å²) < 4.78 is 5.85. The maximum Gasteiger partial charge on any atom is 0.120 e. The summed E-state index contributed by atoms with van der Waals surface area (Å²) in [7, 11) is 1.91. The van der Waals surface area contributed by atoms with E-state index in [2.05, 4.69) is 22.4 Å². The van der Waals surface area contributed by atoms with Gasteiger partial charge in [0.25, 0.3) is 0 Å². The molecule has 0 amide bonds. The number of rotatable bonds is 5. The Hall–Kier alpha value is -1.58. The summed E-state index contributed by atoms with van der Waals surface area (Å²) in [6.07, 6.45) is 4.48. The predicted molar refractivity (Wildman–Crippen MR) is 80.2 cm³/mol. The van der Waals surface area contributed by atoms with Crippen molar-refractivity contribution in [3.8, 4) is 5.75 Å². The number of benzene rings is 1. The van der Waals surface area contributed by atoms with Crippen molar-refractivity contribution in [3.05, 3.63) is 58.9 Å². The van der Waals surface area contributed by atoms with Gasteiger partial charge in [-0.3, -0.25) is 4.98 Å². The van der Waals surface area contributed by atoms with Crippen LogP contribution in [0.2, 0.25) is 5.02 Å². The number of nitrogens with one attached hydrogen (secondary N) is 1. The number of nitrogens with zero attached hydrogens (tertiary/aromatic N) is 1. The molecule has 3 nitrogen and oxygen atoms in total. The Labute approximate surface area is 123 Å². The zero-order chi connectivity index (χ0) is 13.9. The fraction of sp³-hybridized carbons (Fsp3) is 0.312. The molecule has 2 aromatic rings. The Balaban J connectivity index is 1.90. The quantitative estimate of drug-likeness (QED) is 0.913. The molecule has 104 valence electrons. The van der Waals surface area contributed by atoms with Gasteiger partial charge in [0.1, 0.15) is 5.75 Å². The second kappa shape index (κ2) is 5.81. The molecule has 0 aliphatic heterocycles. The van der Waals surface area contributed by atoms with Crippen molar-refractivity contribution < 1.29 is 4.74 Å². The van der Waals surface area contributed by atoms with Crippen LogP contribution in [0.3, 0.4) is 0 Å². The maximum atomic E-state index is 6.25. The smallest absolute Gasteiger partial charge is 0.120 e. The van der Waals surface area contributed by atoms with Gasteiger partial charge in [-0.15, -0.1) is 0 Å². The van der Waals surface area contributed by atoms with E-state index in [4.69, 9.17) is 16.3 Å². The predicted octanol–water partition coefficient (Wildman–Crippen LogP) is 3.59. The van der Waals surface area contributed by atoms with Gasteiger partial charge in [-0.1, -0.05) is 23.7 Å². The molecule has 0 spiro atoms. The van der Waals surface area contributed by atoms with Gasteiger partial charge in [0, 0.05) is 6.20 Å². The Morgan fingerprint density at radius 2 is 2.15 bits per heavy atom. The Kier molecular flexibility index (Phi) is 3.90. The van der Waals surface area contributed by atoms with Gasteiger partial charge >= 0.3 is 0 Å². The minimum absolute atomic E-state index is 0.0357. The van der Waals surface area contributed by atoms with E-state index in [0.717, 1.165) is 29.8 Å². The molecule has 1 aliphatic rings. The summed E-state index contributed by atoms with van der Waals surface area (Å²) in [5.74, 6) is 0.914. The number of ether oxygens (including phenoxy) is 1. The Morgan fingerprint density at radius 3 is 2.85 bits per heavy atom. The Morgan fingerprint density at radius 1 is 1.30 bits per heavy atom. The molecule has 20 heavy (non-hydrogen) atoms. The van der Waals surface area contributed by atoms with E-state index < -0.39 is 0 Å². The van der Waals surface area contributed by atoms with Crippen LogP contribution in [0.1, 0.15) is 30.1 Å². The fourth-order valence-electron chi connectivity index (χ4n) is 2.22. The molecule has 1 heterocycles. The lowest BCUT2D eigenvalue weighted by molar-refractivity contribution is 0.302. The molecule has 3 rings (SSSR count). The molecule has 4 heteroatoms. The van der Waals surface area contributed by atoms with Crippen LogP contribution in [0.25, 0.3) is 0 Å². The van der Waals surface area contributed by atoms with Crippen LogP contribution in [0.4, 0.5) is 0 Å². The first-order valence-corrected chi connectivity index (χ1v) is 7.20. The van der Waals surface area contributed by atoms with E-state index in [1.165, 1.54) is 0 Å². The van der Waals surface area contributed by atoms with Crippen molar-refractivity contribution in [2.45, 2.75) is 25.0 Å². The van der Waals surface area contributed by atoms with Crippen LogP contribution in [-0.2, 0) is 0 Å². The van der Waals surface area contributed by atoms with Crippen LogP contribution >= 0.6 is 11.6 Å². The lowest BCUT2D eigenvalue weighted by Gasteiger charge is -2.18. The molecular weight excluding hydrogens is 272 g/mol. The number of aromatic nitrogens is 1. The molecule has 1 unspecified atom stereocenters. The van der Waals surface area contributed by atoms with Crippen LogP contribution in [0, 0.1) is 0 Å². The molecule has 1 N–H and O–H groups in total. The van der Waals surface area contributed by atoms with Crippen molar-refractivity contribution in [2.24, 2.45) is 0 Å². The van der Waals surface area contributed by atoms with E-state index in [0.29, 0.717) is 11.1 Å². The third-order valence-electron chi connectivity index (χ3n) is 3.37. The number of pyridine rings is 1. The molecular formula is C16H17ClN2O. The van der Waals surface area contributed by atoms with Crippen molar-refractivity contribution in [1.29, 1.82) is 0 Å². The highest BCUT2D eigenvalue weighted by Gasteiger charge is 2.24. The second-order valence-corrected chi connectivity index (χ2v) is 5.39. The Bertz CT molecular complexity index is 599. The highest BCUT2D eigenvalue weighted by Crippen LogP contribution is 2.31. The van der Waals surface area contributed by atoms with Gasteiger partial charge in [-0.05, 0) is 49.7 Å². The average molecular weight is 289 g/mol. The molecule has 0 saturated heterocycles. The standard InChI is InChI=1S/C16H17ClN2O/c1-18-15(16-14(17)6-3-9-19-16)11-4-2-5-13(10-11)20-12-7-8-12/h2-6,9-10,12,15,18H,7-8H2,1H3. The van der Waals surface area contributed by atoms with Crippen molar-refractivity contribution >= 4 is 11.6 Å². The molecule has 1 atom stereocenters. The lowest BCUT2D eigenvalue weighted by Crippen LogP contribution is -2.19. The zero-order valence-corrected chi connectivity index (χ0v) is 12.1. The highest BCUT2D eigenvalue weighted by atomic mass is 35.5. The maximum absolute atomic E-state index is 6.25. The van der Waals surface area contributed by atoms with E-state index in [-0.39, 0.29) is 6.04 Å². The minimum Gasteiger partial charge on any atom is -0.490 e. The van der Waals surface area contributed by atoms with Gasteiger partial charge in [0.2, 0.25) is 0 Å². The van der Waals surface area contributed by atoms with E-state index in [1.54, 1.807) is 6.20 Å². The molecule has 0 radical (unpaired) electrons. The van der Waals surface area contributed by atoms with Crippen LogP contribution in [-0.4, -0.2) is 18.1 Å². The summed E-state index contributed by atoms with van der Waals surface area (Å²) in [5, 5.41) is 3.94. The van der Waals surface area contributed by atoms with Crippen molar-refractivity contribution in [2.75, 3.05) is 7.05 Å². The van der Waals surface area contributed by atoms with Gasteiger partial charge in [0.15, 0.2) is 0 Å². The fourth-order valence-corrected chi connectivity index (χ4v) is 2.45. The molecule has 1 saturated carbocycles. The summed E-state index contributed by atoms with van der Waals surface area (Å²) in [6.45, 7) is 0. The molecule has 1 aromatic carbocycles. The van der Waals surface area contributed by atoms with E-state index >= 15 is 0 Å². The van der Waals surface area contributed by atoms with Crippen molar-refractivity contribution in [3.63, 3.8) is 0 Å². The average Bonchev–Trinajstić information content (AvgIpc) is 3.26. The highest BCUT2D eigenvalue weighted by molar-refractivity contribution is 6.31. The first-order chi connectivity index (χ1) is 9.78. The van der Waals surface area contributed by atoms with E-state index in [9.17, 15) is 0 Å². The van der Waals surface area contributed by atoms with Gasteiger partial charge in [0.05, 0.1) is 22.9 Å². The number of hydrogen-bond donors (Lipinski definition) is 1. The topological polar surface area (TPSA) is 34.1 Å². The largest absolute Gasteiger partial charge is 0.490 e. The molecule has 1 aliphatic carbocycles. The molecule has 1 aromatic heterocycles. The summed E-state index contributed by atoms with van der Waals surface area (Å²) in [5.41, 5.74) is 1.94. The van der Waals surface area contributed by atoms with Crippen LogP contribution in [0.5, 0.6) is 5.75 Å². The minimum atomic E-state index is -0.0357. The zero-order valence-electron chi connectivity index (χ0n) is 11.3. The van der Waals surface area contributed by atoms with Gasteiger partial charge in [-0.25, -0.2) is 0 Å². The normalized spacial score (nSPS) is 15.9. The van der Waals surface area contributed by atoms with Crippen LogP contribution in [0.15, 0.2) is 42.6 Å². The molecule has 1 fully saturated rings. The van der Waals surface area contributed by atoms with Crippen LogP contribution < -0.4 is 10.1 Å². The first kappa shape index (κ1) is 13.4. The summed E-state index contributed by atoms with van der Waals surface area (Å²) >= 11 is 6.25. The van der Waals surface area contributed by atoms with E-state index in [1.807, 2.05) is 31.3 Å². The monoisotopic (exact) mass is 288 g/mol. The SMILES string of the molecule is CNC(c1cccc(OC2CC2)c1)c1ncccc1Cl. The summed E-state index contributed by atoms with van der Waals surface area (Å²) in [4.78, 5) is 4.39. The third kappa shape index (κ3) is 2.94. The second-order valence-electron chi connectivity index (χ2n) is 4.98. The number of hydrogen-bond acceptors (Lipinski definition) is 3. The third-order valence-corrected chi connectivity index (χ3v) is 3.69. The molecule has 0 bridgehead atoms. The van der Waals surface area contributed by atoms with Gasteiger partial charge in [-0.2, -0.15) is 0 Å². The number of halogens is 1. The van der Waals surface area contributed by atoms with Gasteiger partial charge < -0.3 is 10.1 Å². The van der Waals surface area contributed by atoms with Crippen molar-refractivity contribution in [1.82, 2.24) is 10.3 Å². The summed E-state index contributed by atoms with van der Waals surface area (Å²) in [6, 6.07) is 11.8.